The molecule has 1 radical (unpaired) electrons. The fourth-order valence-corrected chi connectivity index (χ4v) is 1.25. The summed E-state index contributed by atoms with van der Waals surface area (Å²) in [5.41, 5.74) is 0. The molecule has 59 valence electrons. The summed E-state index contributed by atoms with van der Waals surface area (Å²) in [6.45, 7) is 0. The van der Waals surface area contributed by atoms with E-state index in [0.717, 1.165) is 0 Å². The summed E-state index contributed by atoms with van der Waals surface area (Å²) in [7, 11) is -10.1. The van der Waals surface area contributed by atoms with E-state index >= 15 is 0 Å². The molecule has 0 spiro atoms. The summed E-state index contributed by atoms with van der Waals surface area (Å²) >= 11 is 0. The van der Waals surface area contributed by atoms with E-state index in [1.807, 2.05) is 0 Å². The van der Waals surface area contributed by atoms with Crippen molar-refractivity contribution in [2.24, 2.45) is 0 Å². The third-order valence-electron chi connectivity index (χ3n) is 0.213. The van der Waals surface area contributed by atoms with Gasteiger partial charge in [0.2, 0.25) is 0 Å². The predicted molar refractivity (Wildman–Crippen MR) is 25.2 cm³/mol. The van der Waals surface area contributed by atoms with E-state index in [-0.39, 0.29) is 41.3 Å². The normalized spacial score (nSPS) is 12.4. The quantitative estimate of drug-likeness (QED) is 0.491. The van der Waals surface area contributed by atoms with E-state index in [1.54, 1.807) is 0 Å². The molecule has 7 nitrogen and oxygen atoms in total. The van der Waals surface area contributed by atoms with Crippen molar-refractivity contribution in [3.63, 3.8) is 0 Å². The molecule has 0 fully saturated rings. The van der Waals surface area contributed by atoms with Crippen LogP contribution in [0, 0.1) is 41.3 Å². The molecule has 4 N–H and O–H groups in total. The van der Waals surface area contributed by atoms with Crippen LogP contribution in [0.2, 0.25) is 0 Å². The first-order valence-corrected chi connectivity index (χ1v) is 4.59. The number of phosphoric acid groups is 2. The topological polar surface area (TPSA) is 124 Å². The third kappa shape index (κ3) is 12.3. The van der Waals surface area contributed by atoms with E-state index < -0.39 is 15.6 Å². The largest absolute Gasteiger partial charge is 0.478 e. The molecule has 0 aliphatic carbocycles. The Morgan fingerprint density at radius 2 is 1.10 bits per heavy atom. The van der Waals surface area contributed by atoms with E-state index in [4.69, 9.17) is 19.6 Å². The minimum absolute atomic E-state index is 0. The molecule has 0 aliphatic heterocycles. The molecule has 0 amide bonds. The van der Waals surface area contributed by atoms with Gasteiger partial charge in [0.1, 0.15) is 0 Å². The minimum atomic E-state index is -5.05. The molecule has 0 aliphatic rings. The van der Waals surface area contributed by atoms with Crippen molar-refractivity contribution in [2.45, 2.75) is 0 Å². The zero-order valence-electron chi connectivity index (χ0n) is 4.49. The second-order valence-electron chi connectivity index (χ2n) is 1.06. The van der Waals surface area contributed by atoms with Crippen LogP contribution in [0.25, 0.3) is 0 Å². The summed E-state index contributed by atoms with van der Waals surface area (Å²) in [6.07, 6.45) is 0. The monoisotopic (exact) mass is 319 g/mol. The second kappa shape index (κ2) is 4.60. The summed E-state index contributed by atoms with van der Waals surface area (Å²) in [5.74, 6) is 0. The standard InChI is InChI=1S/H4O7P2.Pr/c1-8(2,3)7-9(4,5)6;/h(H2,1,2,3)(H2,4,5,6);. The van der Waals surface area contributed by atoms with Crippen molar-refractivity contribution in [3.8, 4) is 0 Å². The van der Waals surface area contributed by atoms with Gasteiger partial charge < -0.3 is 19.6 Å². The fraction of sp³-hybridized carbons (Fsp3) is 0. The molecular formula is H4O7P2Pr. The molecule has 0 heterocycles. The van der Waals surface area contributed by atoms with Crippen LogP contribution in [-0.4, -0.2) is 19.6 Å². The van der Waals surface area contributed by atoms with Crippen LogP contribution in [0.5, 0.6) is 0 Å². The number of hydrogen-bond donors (Lipinski definition) is 4. The molecule has 0 saturated carbocycles. The van der Waals surface area contributed by atoms with Gasteiger partial charge in [-0.15, -0.1) is 0 Å². The number of hydrogen-bond acceptors (Lipinski definition) is 3. The molecule has 0 aromatic rings. The molecule has 0 saturated heterocycles. The van der Waals surface area contributed by atoms with E-state index in [0.29, 0.717) is 0 Å². The maximum atomic E-state index is 9.63. The maximum Gasteiger partial charge on any atom is 0.478 e. The molecule has 0 atom stereocenters. The minimum Gasteiger partial charge on any atom is -0.302 e. The molecule has 0 bridgehead atoms. The Hall–Kier alpha value is 1.62. The van der Waals surface area contributed by atoms with Gasteiger partial charge in [0, 0.05) is 41.3 Å². The first kappa shape index (κ1) is 14.2. The average molecular weight is 319 g/mol. The van der Waals surface area contributed by atoms with Crippen LogP contribution in [0.1, 0.15) is 0 Å². The summed E-state index contributed by atoms with van der Waals surface area (Å²) < 4.78 is 22.2. The van der Waals surface area contributed by atoms with Crippen molar-refractivity contribution in [3.05, 3.63) is 0 Å². The molecule has 0 aromatic carbocycles. The van der Waals surface area contributed by atoms with Crippen LogP contribution in [0.4, 0.5) is 0 Å². The van der Waals surface area contributed by atoms with Crippen LogP contribution < -0.4 is 0 Å². The van der Waals surface area contributed by atoms with Crippen LogP contribution in [0.3, 0.4) is 0 Å². The fourth-order valence-electron chi connectivity index (χ4n) is 0.139. The Balaban J connectivity index is 0. The Kier molecular flexibility index (Phi) is 6.52. The smallest absolute Gasteiger partial charge is 0.302 e. The van der Waals surface area contributed by atoms with Gasteiger partial charge in [0.05, 0.1) is 0 Å². The Morgan fingerprint density at radius 3 is 1.10 bits per heavy atom. The van der Waals surface area contributed by atoms with Gasteiger partial charge in [-0.3, -0.25) is 0 Å². The Bertz CT molecular complexity index is 152. The first-order valence-electron chi connectivity index (χ1n) is 1.53. The maximum absolute atomic E-state index is 9.63. The Morgan fingerprint density at radius 1 is 0.900 bits per heavy atom. The van der Waals surface area contributed by atoms with Gasteiger partial charge in [-0.2, -0.15) is 4.31 Å². The van der Waals surface area contributed by atoms with E-state index in [1.165, 1.54) is 0 Å². The average Bonchev–Trinajstić information content (AvgIpc) is 1.14. The van der Waals surface area contributed by atoms with Gasteiger partial charge >= 0.3 is 15.6 Å². The zero-order valence-corrected chi connectivity index (χ0v) is 9.98. The Labute approximate surface area is 89.2 Å². The van der Waals surface area contributed by atoms with E-state index in [2.05, 4.69) is 4.31 Å². The molecule has 10 heteroatoms. The van der Waals surface area contributed by atoms with Gasteiger partial charge in [0.25, 0.3) is 0 Å². The van der Waals surface area contributed by atoms with Gasteiger partial charge in [-0.25, -0.2) is 9.13 Å². The van der Waals surface area contributed by atoms with E-state index in [9.17, 15) is 9.13 Å². The van der Waals surface area contributed by atoms with Crippen LogP contribution in [-0.2, 0) is 13.4 Å². The second-order valence-corrected chi connectivity index (χ2v) is 3.68. The number of rotatable bonds is 2. The van der Waals surface area contributed by atoms with Crippen molar-refractivity contribution in [2.75, 3.05) is 0 Å². The van der Waals surface area contributed by atoms with Crippen molar-refractivity contribution in [1.29, 1.82) is 0 Å². The molecule has 0 unspecified atom stereocenters. The molecule has 0 aromatic heterocycles. The zero-order chi connectivity index (χ0) is 7.71. The molecule has 0 rings (SSSR count). The summed E-state index contributed by atoms with van der Waals surface area (Å²) in [5, 5.41) is 0. The van der Waals surface area contributed by atoms with Crippen molar-refractivity contribution >= 4 is 15.6 Å². The summed E-state index contributed by atoms with van der Waals surface area (Å²) in [4.78, 5) is 31.0. The van der Waals surface area contributed by atoms with Gasteiger partial charge in [-0.05, 0) is 0 Å². The molecular weight excluding hydrogens is 315 g/mol. The van der Waals surface area contributed by atoms with Crippen molar-refractivity contribution in [1.82, 2.24) is 0 Å². The van der Waals surface area contributed by atoms with Gasteiger partial charge in [0.15, 0.2) is 0 Å². The third-order valence-corrected chi connectivity index (χ3v) is 1.91. The van der Waals surface area contributed by atoms with Crippen LogP contribution >= 0.6 is 15.6 Å². The van der Waals surface area contributed by atoms with Gasteiger partial charge in [-0.1, -0.05) is 0 Å². The predicted octanol–water partition coefficient (Wildman–Crippen LogP) is -0.812. The van der Waals surface area contributed by atoms with Crippen molar-refractivity contribution < 1.29 is 74.3 Å². The molecule has 10 heavy (non-hydrogen) atoms. The SMILES string of the molecule is O=P(O)(O)OP(=O)(O)O.[Pr]. The summed E-state index contributed by atoms with van der Waals surface area (Å²) in [6, 6.07) is 0. The van der Waals surface area contributed by atoms with Crippen LogP contribution in [0.15, 0.2) is 0 Å². The first-order chi connectivity index (χ1) is 3.71.